The molecule has 1 aromatic rings. The van der Waals surface area contributed by atoms with Crippen molar-refractivity contribution in [3.8, 4) is 0 Å². The molecule has 7 heteroatoms. The van der Waals surface area contributed by atoms with Gasteiger partial charge in [-0.3, -0.25) is 0 Å². The molecule has 0 unspecified atom stereocenters. The molecule has 0 aromatic heterocycles. The van der Waals surface area contributed by atoms with Crippen molar-refractivity contribution in [2.45, 2.75) is 38.8 Å². The average molecular weight is 352 g/mol. The van der Waals surface area contributed by atoms with E-state index in [1.54, 1.807) is 0 Å². The highest BCUT2D eigenvalue weighted by molar-refractivity contribution is 7.80. The van der Waals surface area contributed by atoms with Gasteiger partial charge < -0.3 is 20.1 Å². The van der Waals surface area contributed by atoms with Crippen molar-refractivity contribution in [3.63, 3.8) is 0 Å². The van der Waals surface area contributed by atoms with Crippen molar-refractivity contribution >= 4 is 29.3 Å². The van der Waals surface area contributed by atoms with Crippen LogP contribution in [0.5, 0.6) is 0 Å². The molecular formula is C17H24N2O4S. The minimum atomic E-state index is -0.716. The second-order valence-electron chi connectivity index (χ2n) is 5.26. The number of carbonyl (C=O) groups is 2. The van der Waals surface area contributed by atoms with Crippen molar-refractivity contribution in [3.05, 3.63) is 35.9 Å². The summed E-state index contributed by atoms with van der Waals surface area (Å²) in [7, 11) is 1.30. The molecule has 0 spiro atoms. The van der Waals surface area contributed by atoms with Gasteiger partial charge in [0.2, 0.25) is 0 Å². The summed E-state index contributed by atoms with van der Waals surface area (Å²) in [4.78, 5) is 24.4. The molecule has 6 nitrogen and oxygen atoms in total. The van der Waals surface area contributed by atoms with E-state index in [1.807, 2.05) is 37.3 Å². The van der Waals surface area contributed by atoms with Gasteiger partial charge in [-0.15, -0.1) is 0 Å². The zero-order valence-corrected chi connectivity index (χ0v) is 14.9. The Morgan fingerprint density at radius 3 is 2.54 bits per heavy atom. The van der Waals surface area contributed by atoms with Gasteiger partial charge in [0.05, 0.1) is 12.1 Å². The predicted molar refractivity (Wildman–Crippen MR) is 95.7 cm³/mol. The van der Waals surface area contributed by atoms with Crippen LogP contribution in [0.25, 0.3) is 0 Å². The van der Waals surface area contributed by atoms with E-state index in [-0.39, 0.29) is 6.61 Å². The molecule has 0 saturated heterocycles. The summed E-state index contributed by atoms with van der Waals surface area (Å²) in [6, 6.07) is 8.61. The lowest BCUT2D eigenvalue weighted by Crippen LogP contribution is -2.41. The number of unbranched alkanes of at least 4 members (excludes halogenated alkanes) is 1. The molecule has 0 fully saturated rings. The first-order valence-corrected chi connectivity index (χ1v) is 8.23. The maximum absolute atomic E-state index is 11.9. The summed E-state index contributed by atoms with van der Waals surface area (Å²) in [5, 5.41) is 5.60. The molecule has 0 aliphatic carbocycles. The zero-order valence-electron chi connectivity index (χ0n) is 14.0. The van der Waals surface area contributed by atoms with Gasteiger partial charge in [-0.2, -0.15) is 0 Å². The van der Waals surface area contributed by atoms with E-state index in [2.05, 4.69) is 10.6 Å². The van der Waals surface area contributed by atoms with Crippen molar-refractivity contribution in [1.82, 2.24) is 10.6 Å². The topological polar surface area (TPSA) is 76.7 Å². The largest absolute Gasteiger partial charge is 0.467 e. The van der Waals surface area contributed by atoms with Crippen LogP contribution in [0.3, 0.4) is 0 Å². The zero-order chi connectivity index (χ0) is 17.8. The molecule has 132 valence electrons. The summed E-state index contributed by atoms with van der Waals surface area (Å²) < 4.78 is 9.85. The lowest BCUT2D eigenvalue weighted by molar-refractivity contribution is -0.143. The van der Waals surface area contributed by atoms with Crippen LogP contribution in [-0.4, -0.2) is 36.7 Å². The fourth-order valence-electron chi connectivity index (χ4n) is 2.04. The van der Waals surface area contributed by atoms with Gasteiger partial charge in [-0.25, -0.2) is 9.59 Å². The summed E-state index contributed by atoms with van der Waals surface area (Å²) in [5.74, 6) is -0.481. The van der Waals surface area contributed by atoms with Gasteiger partial charge in [-0.05, 0) is 31.7 Å². The molecule has 1 amide bonds. The number of amides is 1. The summed E-state index contributed by atoms with van der Waals surface area (Å²) in [6.45, 7) is 2.71. The van der Waals surface area contributed by atoms with Crippen LogP contribution in [0, 0.1) is 0 Å². The van der Waals surface area contributed by atoms with E-state index < -0.39 is 18.1 Å². The maximum Gasteiger partial charge on any atom is 0.408 e. The van der Waals surface area contributed by atoms with E-state index >= 15 is 0 Å². The smallest absolute Gasteiger partial charge is 0.408 e. The number of nitrogens with one attached hydrogen (secondary N) is 2. The van der Waals surface area contributed by atoms with E-state index in [0.717, 1.165) is 29.9 Å². The maximum atomic E-state index is 11.9. The monoisotopic (exact) mass is 352 g/mol. The van der Waals surface area contributed by atoms with Crippen LogP contribution in [0.15, 0.2) is 30.3 Å². The number of alkyl carbamates (subject to hydrolysis) is 1. The number of methoxy groups -OCH3 is 1. The number of carbonyl (C=O) groups excluding carboxylic acids is 2. The van der Waals surface area contributed by atoms with Gasteiger partial charge in [0.15, 0.2) is 0 Å². The van der Waals surface area contributed by atoms with Crippen molar-refractivity contribution in [2.24, 2.45) is 0 Å². The number of esters is 1. The fraction of sp³-hybridized carbons (Fsp3) is 0.471. The second-order valence-corrected chi connectivity index (χ2v) is 5.87. The Morgan fingerprint density at radius 1 is 1.21 bits per heavy atom. The van der Waals surface area contributed by atoms with Crippen LogP contribution < -0.4 is 10.6 Å². The SMILES string of the molecule is COC(=O)[C@H](CCCCNC(C)=S)NC(=O)OCc1ccccc1. The molecule has 0 radical (unpaired) electrons. The summed E-state index contributed by atoms with van der Waals surface area (Å²) >= 11 is 4.92. The number of thiocarbonyl (C=S) groups is 1. The molecule has 24 heavy (non-hydrogen) atoms. The molecule has 0 bridgehead atoms. The van der Waals surface area contributed by atoms with Crippen LogP contribution >= 0.6 is 12.2 Å². The highest BCUT2D eigenvalue weighted by Gasteiger charge is 2.21. The first-order valence-electron chi connectivity index (χ1n) is 7.82. The van der Waals surface area contributed by atoms with Crippen molar-refractivity contribution in [1.29, 1.82) is 0 Å². The van der Waals surface area contributed by atoms with E-state index in [1.165, 1.54) is 7.11 Å². The Balaban J connectivity index is 2.36. The minimum Gasteiger partial charge on any atom is -0.467 e. The first-order chi connectivity index (χ1) is 11.5. The fourth-order valence-corrected chi connectivity index (χ4v) is 2.14. The Bertz CT molecular complexity index is 537. The highest BCUT2D eigenvalue weighted by Crippen LogP contribution is 2.05. The Labute approximate surface area is 147 Å². The lowest BCUT2D eigenvalue weighted by atomic mass is 10.1. The predicted octanol–water partition coefficient (Wildman–Crippen LogP) is 2.56. The number of benzene rings is 1. The van der Waals surface area contributed by atoms with Gasteiger partial charge in [0.25, 0.3) is 0 Å². The number of ether oxygens (including phenoxy) is 2. The molecule has 2 N–H and O–H groups in total. The molecule has 0 saturated carbocycles. The quantitative estimate of drug-likeness (QED) is 0.404. The molecule has 0 aliphatic heterocycles. The van der Waals surface area contributed by atoms with Gasteiger partial charge in [0, 0.05) is 6.54 Å². The third kappa shape index (κ3) is 8.47. The third-order valence-electron chi connectivity index (χ3n) is 3.28. The van der Waals surface area contributed by atoms with Crippen LogP contribution in [0.4, 0.5) is 4.79 Å². The Kier molecular flexibility index (Phi) is 9.45. The standard InChI is InChI=1S/C17H24N2O4S/c1-13(24)18-11-7-6-10-15(16(20)22-2)19-17(21)23-12-14-8-4-3-5-9-14/h3-5,8-9,15H,6-7,10-12H2,1-2H3,(H,18,24)(H,19,21)/t15-/m0/s1. The lowest BCUT2D eigenvalue weighted by Gasteiger charge is -2.16. The van der Waals surface area contributed by atoms with E-state index in [9.17, 15) is 9.59 Å². The second kappa shape index (κ2) is 11.4. The normalized spacial score (nSPS) is 11.2. The third-order valence-corrected chi connectivity index (χ3v) is 3.43. The number of rotatable bonds is 9. The van der Waals surface area contributed by atoms with Crippen LogP contribution in [0.1, 0.15) is 31.7 Å². The van der Waals surface area contributed by atoms with Gasteiger partial charge >= 0.3 is 12.1 Å². The minimum absolute atomic E-state index is 0.151. The van der Waals surface area contributed by atoms with Crippen molar-refractivity contribution < 1.29 is 19.1 Å². The summed E-state index contributed by atoms with van der Waals surface area (Å²) in [5.41, 5.74) is 0.879. The van der Waals surface area contributed by atoms with E-state index in [4.69, 9.17) is 21.7 Å². The first kappa shape index (κ1) is 19.9. The molecule has 1 rings (SSSR count). The molecule has 1 aromatic carbocycles. The molecule has 1 atom stereocenters. The number of hydrogen-bond donors (Lipinski definition) is 2. The highest BCUT2D eigenvalue weighted by atomic mass is 32.1. The average Bonchev–Trinajstić information content (AvgIpc) is 2.58. The van der Waals surface area contributed by atoms with Crippen LogP contribution in [0.2, 0.25) is 0 Å². The van der Waals surface area contributed by atoms with Gasteiger partial charge in [-0.1, -0.05) is 42.5 Å². The molecular weight excluding hydrogens is 328 g/mol. The Hall–Kier alpha value is -2.15. The summed E-state index contributed by atoms with van der Waals surface area (Å²) in [6.07, 6.45) is 1.42. The van der Waals surface area contributed by atoms with Crippen molar-refractivity contribution in [2.75, 3.05) is 13.7 Å². The molecule has 0 aliphatic rings. The van der Waals surface area contributed by atoms with Gasteiger partial charge in [0.1, 0.15) is 12.6 Å². The number of hydrogen-bond acceptors (Lipinski definition) is 5. The Morgan fingerprint density at radius 2 is 1.92 bits per heavy atom. The van der Waals surface area contributed by atoms with E-state index in [0.29, 0.717) is 6.42 Å². The van der Waals surface area contributed by atoms with Crippen LogP contribution in [-0.2, 0) is 20.9 Å². The molecule has 0 heterocycles.